The summed E-state index contributed by atoms with van der Waals surface area (Å²) in [5.41, 5.74) is 0. The molecule has 1 saturated heterocycles. The maximum Gasteiger partial charge on any atom is 0.192 e. The van der Waals surface area contributed by atoms with Crippen molar-refractivity contribution in [2.75, 3.05) is 13.2 Å². The van der Waals surface area contributed by atoms with Crippen molar-refractivity contribution < 1.29 is 23.1 Å². The minimum atomic E-state index is -2.02. The maximum absolute atomic E-state index is 12.9. The van der Waals surface area contributed by atoms with E-state index in [1.165, 1.54) is 6.42 Å². The molecule has 2 fully saturated rings. The Balaban J connectivity index is 2.27. The van der Waals surface area contributed by atoms with Crippen LogP contribution in [0.25, 0.3) is 0 Å². The Hall–Kier alpha value is -0.576. The molecular formula is C35H66O5Si2. The Morgan fingerprint density at radius 2 is 1.55 bits per heavy atom. The van der Waals surface area contributed by atoms with Crippen LogP contribution in [-0.2, 0) is 23.1 Å². The van der Waals surface area contributed by atoms with Crippen LogP contribution in [0.2, 0.25) is 36.3 Å². The lowest BCUT2D eigenvalue weighted by atomic mass is 9.89. The van der Waals surface area contributed by atoms with Gasteiger partial charge in [0.25, 0.3) is 0 Å². The summed E-state index contributed by atoms with van der Waals surface area (Å²) in [5, 5.41) is 0.248. The van der Waals surface area contributed by atoms with Crippen LogP contribution >= 0.6 is 0 Å². The van der Waals surface area contributed by atoms with Gasteiger partial charge in [0, 0.05) is 18.9 Å². The van der Waals surface area contributed by atoms with E-state index in [1.54, 1.807) is 0 Å². The number of carbonyl (C=O) groups excluding carboxylic acids is 1. The Kier molecular flexibility index (Phi) is 14.9. The van der Waals surface area contributed by atoms with E-state index in [4.69, 9.17) is 18.3 Å². The molecule has 1 aliphatic heterocycles. The molecule has 0 N–H and O–H groups in total. The normalized spacial score (nSPS) is 26.5. The number of hydrogen-bond donors (Lipinski definition) is 0. The van der Waals surface area contributed by atoms with Crippen molar-refractivity contribution in [3.8, 4) is 0 Å². The second-order valence-electron chi connectivity index (χ2n) is 15.8. The third-order valence-corrected chi connectivity index (χ3v) is 19.2. The first kappa shape index (κ1) is 37.6. The smallest absolute Gasteiger partial charge is 0.192 e. The highest BCUT2D eigenvalue weighted by atomic mass is 28.4. The average Bonchev–Trinajstić information content (AvgIpc) is 3.18. The Bertz CT molecular complexity index is 862. The topological polar surface area (TPSA) is 54.0 Å². The molecule has 1 saturated carbocycles. The number of ketones is 1. The third-order valence-electron chi connectivity index (χ3n) is 10.2. The molecule has 42 heavy (non-hydrogen) atoms. The second-order valence-corrected chi connectivity index (χ2v) is 25.3. The molecule has 244 valence electrons. The standard InChI is InChI=1S/C35H66O5Si2/c1-12-13-15-20-28(36)23-24-30-29(21-16-14-18-25-37-33-22-17-19-26-38-33)31(39-41(8,9)34(2,3)4)27-32(30)40-42(10,11)35(5,6)7/h14,16,23-24,29-33H,12-13,15,17-22,25-27H2,1-11H3/b16-14-,24-23+/t29-,30+,31-,32+,33?/m0/s1. The highest BCUT2D eigenvalue weighted by Crippen LogP contribution is 2.47. The molecule has 5 nitrogen and oxygen atoms in total. The number of carbonyl (C=O) groups is 1. The largest absolute Gasteiger partial charge is 0.414 e. The van der Waals surface area contributed by atoms with E-state index in [0.29, 0.717) is 13.0 Å². The van der Waals surface area contributed by atoms with Gasteiger partial charge in [0.2, 0.25) is 0 Å². The molecule has 5 atom stereocenters. The molecule has 2 rings (SSSR count). The van der Waals surface area contributed by atoms with Gasteiger partial charge in [-0.2, -0.15) is 0 Å². The van der Waals surface area contributed by atoms with Gasteiger partial charge in [0.1, 0.15) is 0 Å². The summed E-state index contributed by atoms with van der Waals surface area (Å²) in [4.78, 5) is 12.9. The Morgan fingerprint density at radius 3 is 2.12 bits per heavy atom. The van der Waals surface area contributed by atoms with E-state index in [9.17, 15) is 4.79 Å². The van der Waals surface area contributed by atoms with Crippen LogP contribution in [0.5, 0.6) is 0 Å². The van der Waals surface area contributed by atoms with Crippen LogP contribution in [0.4, 0.5) is 0 Å². The van der Waals surface area contributed by atoms with Crippen molar-refractivity contribution in [1.82, 2.24) is 0 Å². The van der Waals surface area contributed by atoms with Gasteiger partial charge in [-0.3, -0.25) is 4.79 Å². The summed E-state index contributed by atoms with van der Waals surface area (Å²) in [6, 6.07) is 0. The molecule has 0 aromatic rings. The average molecular weight is 623 g/mol. The maximum atomic E-state index is 12.9. The molecule has 1 unspecified atom stereocenters. The first-order chi connectivity index (χ1) is 19.5. The first-order valence-corrected chi connectivity index (χ1v) is 22.7. The van der Waals surface area contributed by atoms with Gasteiger partial charge < -0.3 is 18.3 Å². The van der Waals surface area contributed by atoms with Crippen LogP contribution in [-0.4, -0.2) is 54.1 Å². The molecule has 0 radical (unpaired) electrons. The molecule has 1 heterocycles. The quantitative estimate of drug-likeness (QED) is 0.0742. The molecular weight excluding hydrogens is 557 g/mol. The molecule has 0 amide bonds. The van der Waals surface area contributed by atoms with Crippen LogP contribution in [0.1, 0.15) is 113 Å². The van der Waals surface area contributed by atoms with E-state index in [1.807, 2.05) is 6.08 Å². The lowest BCUT2D eigenvalue weighted by Crippen LogP contribution is -2.45. The van der Waals surface area contributed by atoms with Gasteiger partial charge in [-0.25, -0.2) is 0 Å². The molecule has 1 aliphatic carbocycles. The lowest BCUT2D eigenvalue weighted by Gasteiger charge is -2.40. The highest BCUT2D eigenvalue weighted by Gasteiger charge is 2.50. The van der Waals surface area contributed by atoms with Crippen molar-refractivity contribution in [3.05, 3.63) is 24.3 Å². The highest BCUT2D eigenvalue weighted by molar-refractivity contribution is 6.74. The number of ether oxygens (including phenoxy) is 2. The first-order valence-electron chi connectivity index (χ1n) is 16.9. The predicted octanol–water partition coefficient (Wildman–Crippen LogP) is 9.99. The number of unbranched alkanes of at least 4 members (excludes halogenated alkanes) is 2. The van der Waals surface area contributed by atoms with Crippen molar-refractivity contribution in [2.45, 2.75) is 167 Å². The van der Waals surface area contributed by atoms with Gasteiger partial charge in [0.15, 0.2) is 28.7 Å². The summed E-state index contributed by atoms with van der Waals surface area (Å²) in [7, 11) is -4.03. The SMILES string of the molecule is CCCCCC(=O)/C=C/[C@@H]1[C@H](C/C=C\CCOC2CCCCO2)[C@@H](O[Si](C)(C)C(C)(C)C)C[C@H]1O[Si](C)(C)C(C)(C)C. The van der Waals surface area contributed by atoms with Crippen LogP contribution in [0.3, 0.4) is 0 Å². The third kappa shape index (κ3) is 11.7. The molecule has 7 heteroatoms. The predicted molar refractivity (Wildman–Crippen MR) is 182 cm³/mol. The van der Waals surface area contributed by atoms with E-state index in [2.05, 4.69) is 92.9 Å². The van der Waals surface area contributed by atoms with Crippen LogP contribution in [0.15, 0.2) is 24.3 Å². The number of hydrogen-bond acceptors (Lipinski definition) is 5. The number of allylic oxidation sites excluding steroid dienone is 2. The fraction of sp³-hybridized carbons (Fsp3) is 0.857. The van der Waals surface area contributed by atoms with E-state index < -0.39 is 16.6 Å². The van der Waals surface area contributed by atoms with Crippen molar-refractivity contribution >= 4 is 22.4 Å². The Labute approximate surface area is 261 Å². The van der Waals surface area contributed by atoms with Crippen molar-refractivity contribution in [1.29, 1.82) is 0 Å². The summed E-state index contributed by atoms with van der Waals surface area (Å²) in [6.45, 7) is 26.9. The van der Waals surface area contributed by atoms with Gasteiger partial charge in [-0.15, -0.1) is 0 Å². The van der Waals surface area contributed by atoms with E-state index in [0.717, 1.165) is 58.0 Å². The fourth-order valence-electron chi connectivity index (χ4n) is 5.36. The minimum absolute atomic E-state index is 0.0398. The van der Waals surface area contributed by atoms with Crippen LogP contribution in [0, 0.1) is 11.8 Å². The summed E-state index contributed by atoms with van der Waals surface area (Å²) < 4.78 is 26.0. The van der Waals surface area contributed by atoms with Gasteiger partial charge >= 0.3 is 0 Å². The minimum Gasteiger partial charge on any atom is -0.414 e. The summed E-state index contributed by atoms with van der Waals surface area (Å²) in [6.07, 6.45) is 18.6. The molecule has 2 aliphatic rings. The second kappa shape index (κ2) is 16.7. The molecule has 0 aromatic heterocycles. The lowest BCUT2D eigenvalue weighted by molar-refractivity contribution is -0.161. The zero-order valence-electron chi connectivity index (χ0n) is 29.2. The zero-order valence-corrected chi connectivity index (χ0v) is 31.2. The molecule has 0 spiro atoms. The molecule has 0 bridgehead atoms. The van der Waals surface area contributed by atoms with Gasteiger partial charge in [-0.05, 0) is 93.2 Å². The monoisotopic (exact) mass is 622 g/mol. The number of rotatable bonds is 16. The van der Waals surface area contributed by atoms with Gasteiger partial charge in [-0.1, -0.05) is 79.5 Å². The Morgan fingerprint density at radius 1 is 0.905 bits per heavy atom. The van der Waals surface area contributed by atoms with E-state index in [-0.39, 0.29) is 46.2 Å². The van der Waals surface area contributed by atoms with Crippen molar-refractivity contribution in [3.63, 3.8) is 0 Å². The van der Waals surface area contributed by atoms with Crippen molar-refractivity contribution in [2.24, 2.45) is 11.8 Å². The zero-order chi connectivity index (χ0) is 31.6. The van der Waals surface area contributed by atoms with Crippen LogP contribution < -0.4 is 0 Å². The fourth-order valence-corrected chi connectivity index (χ4v) is 8.11. The molecule has 0 aromatic carbocycles. The summed E-state index contributed by atoms with van der Waals surface area (Å²) >= 11 is 0. The van der Waals surface area contributed by atoms with E-state index >= 15 is 0 Å². The van der Waals surface area contributed by atoms with Gasteiger partial charge in [0.05, 0.1) is 18.8 Å². The summed E-state index contributed by atoms with van der Waals surface area (Å²) in [5.74, 6) is 0.660.